The van der Waals surface area contributed by atoms with Crippen LogP contribution in [0.2, 0.25) is 0 Å². The zero-order valence-electron chi connectivity index (χ0n) is 12.4. The van der Waals surface area contributed by atoms with Crippen molar-refractivity contribution in [3.05, 3.63) is 0 Å². The molecule has 1 saturated heterocycles. The maximum absolute atomic E-state index is 12.5. The molecular weight excluding hydrogens is 321 g/mol. The maximum atomic E-state index is 12.5. The van der Waals surface area contributed by atoms with E-state index < -0.39 is 6.10 Å². The number of aliphatic hydroxyl groups is 1. The molecule has 5 heteroatoms. The van der Waals surface area contributed by atoms with Crippen LogP contribution in [-0.4, -0.2) is 55.0 Å². The van der Waals surface area contributed by atoms with Crippen molar-refractivity contribution in [3.8, 4) is 0 Å². The summed E-state index contributed by atoms with van der Waals surface area (Å²) in [5, 5.41) is 10.3. The van der Waals surface area contributed by atoms with E-state index in [0.717, 1.165) is 12.8 Å². The minimum atomic E-state index is -0.510. The Morgan fingerprint density at radius 2 is 2.05 bits per heavy atom. The van der Waals surface area contributed by atoms with E-state index in [1.54, 1.807) is 4.90 Å². The number of amides is 1. The van der Waals surface area contributed by atoms with Gasteiger partial charge in [0.15, 0.2) is 0 Å². The van der Waals surface area contributed by atoms with E-state index in [2.05, 4.69) is 29.4 Å². The molecule has 0 bridgehead atoms. The Morgan fingerprint density at radius 3 is 2.65 bits per heavy atom. The van der Waals surface area contributed by atoms with E-state index >= 15 is 0 Å². The Balaban J connectivity index is 1.94. The number of carbonyl (C=O) groups excluding carboxylic acids is 1. The zero-order valence-corrected chi connectivity index (χ0v) is 14.1. The summed E-state index contributed by atoms with van der Waals surface area (Å²) in [5.41, 5.74) is 0. The molecule has 2 atom stereocenters. The van der Waals surface area contributed by atoms with E-state index in [1.807, 2.05) is 0 Å². The third kappa shape index (κ3) is 3.63. The van der Waals surface area contributed by atoms with Crippen molar-refractivity contribution in [2.24, 2.45) is 11.8 Å². The minimum absolute atomic E-state index is 0.0203. The molecule has 0 radical (unpaired) electrons. The number of carbonyl (C=O) groups is 1. The first kappa shape index (κ1) is 16.0. The molecule has 0 aromatic carbocycles. The predicted molar refractivity (Wildman–Crippen MR) is 79.4 cm³/mol. The Hall–Kier alpha value is -0.381. The molecule has 0 unspecified atom stereocenters. The molecule has 0 aromatic rings. The first-order valence-electron chi connectivity index (χ1n) is 7.67. The average molecular weight is 346 g/mol. The van der Waals surface area contributed by atoms with Gasteiger partial charge in [0.1, 0.15) is 0 Å². The van der Waals surface area contributed by atoms with Crippen molar-refractivity contribution in [3.63, 3.8) is 0 Å². The zero-order chi connectivity index (χ0) is 14.7. The molecule has 2 aliphatic rings. The van der Waals surface area contributed by atoms with Gasteiger partial charge in [0.2, 0.25) is 0 Å². The van der Waals surface area contributed by atoms with Gasteiger partial charge in [-0.2, -0.15) is 0 Å². The fourth-order valence-corrected chi connectivity index (χ4v) is 3.82. The van der Waals surface area contributed by atoms with Gasteiger partial charge >= 0.3 is 129 Å². The second-order valence-electron chi connectivity index (χ2n) is 6.32. The quantitative estimate of drug-likeness (QED) is 0.784. The van der Waals surface area contributed by atoms with Crippen LogP contribution in [0.25, 0.3) is 0 Å². The van der Waals surface area contributed by atoms with Gasteiger partial charge in [-0.05, 0) is 0 Å². The van der Waals surface area contributed by atoms with Crippen molar-refractivity contribution in [1.29, 1.82) is 0 Å². The van der Waals surface area contributed by atoms with Gasteiger partial charge < -0.3 is 0 Å². The van der Waals surface area contributed by atoms with Crippen molar-refractivity contribution in [2.45, 2.75) is 64.5 Å². The van der Waals surface area contributed by atoms with E-state index in [9.17, 15) is 9.90 Å². The van der Waals surface area contributed by atoms with Crippen LogP contribution in [0.1, 0.15) is 52.4 Å². The summed E-state index contributed by atoms with van der Waals surface area (Å²) in [6.45, 7) is 4.72. The summed E-state index contributed by atoms with van der Waals surface area (Å²) in [4.78, 5) is 14.2. The summed E-state index contributed by atoms with van der Waals surface area (Å²) in [6.07, 6.45) is 5.41. The van der Waals surface area contributed by atoms with Crippen LogP contribution in [0.4, 0.5) is 0 Å². The van der Waals surface area contributed by atoms with Gasteiger partial charge in [0.25, 0.3) is 0 Å². The topological polar surface area (TPSA) is 49.8 Å². The normalized spacial score (nSPS) is 25.9. The second-order valence-corrected chi connectivity index (χ2v) is 7.05. The molecule has 2 fully saturated rings. The molecule has 1 heterocycles. The van der Waals surface area contributed by atoms with Crippen LogP contribution < -0.4 is 0 Å². The molecule has 1 aliphatic heterocycles. The van der Waals surface area contributed by atoms with E-state index in [-0.39, 0.29) is 24.3 Å². The van der Waals surface area contributed by atoms with Crippen molar-refractivity contribution in [1.82, 2.24) is 4.90 Å². The second kappa shape index (κ2) is 7.06. The summed E-state index contributed by atoms with van der Waals surface area (Å²) < 4.78 is 6.03. The molecule has 4 nitrogen and oxygen atoms in total. The number of ether oxygens (including phenoxy) is 1. The Kier molecular flexibility index (Phi) is 5.65. The third-order valence-electron chi connectivity index (χ3n) is 4.52. The first-order valence-corrected chi connectivity index (χ1v) is 8.53. The summed E-state index contributed by atoms with van der Waals surface area (Å²) in [6, 6.07) is 0.0808. The SMILES string of the molecule is CC(C)[C@H]1COC(=[Se])N1C(=O)C[C@H](O)C1CCCCC1. The molecule has 1 N–H and O–H groups in total. The van der Waals surface area contributed by atoms with Crippen LogP contribution in [0.5, 0.6) is 0 Å². The number of hydrogen-bond donors (Lipinski definition) is 1. The first-order chi connectivity index (χ1) is 9.50. The van der Waals surface area contributed by atoms with Crippen LogP contribution in [0.15, 0.2) is 0 Å². The molecule has 1 saturated carbocycles. The molecule has 0 spiro atoms. The van der Waals surface area contributed by atoms with Gasteiger partial charge in [-0.3, -0.25) is 0 Å². The van der Waals surface area contributed by atoms with Gasteiger partial charge in [-0.1, -0.05) is 0 Å². The molecule has 114 valence electrons. The van der Waals surface area contributed by atoms with Crippen LogP contribution in [0.3, 0.4) is 0 Å². The third-order valence-corrected chi connectivity index (χ3v) is 5.18. The number of rotatable bonds is 4. The summed E-state index contributed by atoms with van der Waals surface area (Å²) in [5.74, 6) is 0.614. The molecule has 1 amide bonds. The number of nitrogens with zero attached hydrogens (tertiary/aromatic N) is 1. The van der Waals surface area contributed by atoms with Crippen molar-refractivity contribution >= 4 is 26.2 Å². The number of hydrogen-bond acceptors (Lipinski definition) is 3. The van der Waals surface area contributed by atoms with E-state index in [0.29, 0.717) is 17.3 Å². The Bertz CT molecular complexity index is 366. The van der Waals surface area contributed by atoms with E-state index in [1.165, 1.54) is 19.3 Å². The Morgan fingerprint density at radius 1 is 1.40 bits per heavy atom. The van der Waals surface area contributed by atoms with Gasteiger partial charge in [-0.15, -0.1) is 0 Å². The van der Waals surface area contributed by atoms with Crippen LogP contribution in [0, 0.1) is 11.8 Å². The Labute approximate surface area is 129 Å². The van der Waals surface area contributed by atoms with E-state index in [4.69, 9.17) is 4.74 Å². The molecule has 0 aromatic heterocycles. The van der Waals surface area contributed by atoms with Gasteiger partial charge in [0.05, 0.1) is 0 Å². The fourth-order valence-electron chi connectivity index (χ4n) is 3.18. The standard InChI is InChI=1S/C15H25NO3Se/c1-10(2)12-9-19-15(20)16(12)14(18)8-13(17)11-6-4-3-5-7-11/h10-13,17H,3-9H2,1-2H3/t12-,13+/m1/s1. The fraction of sp³-hybridized carbons (Fsp3) is 0.867. The molecule has 1 aliphatic carbocycles. The van der Waals surface area contributed by atoms with Crippen molar-refractivity contribution in [2.75, 3.05) is 6.61 Å². The average Bonchev–Trinajstić information content (AvgIpc) is 2.81. The molecule has 20 heavy (non-hydrogen) atoms. The van der Waals surface area contributed by atoms with Crippen LogP contribution in [-0.2, 0) is 9.53 Å². The van der Waals surface area contributed by atoms with Crippen LogP contribution >= 0.6 is 0 Å². The van der Waals surface area contributed by atoms with Crippen molar-refractivity contribution < 1.29 is 14.6 Å². The molecule has 2 rings (SSSR count). The van der Waals surface area contributed by atoms with Gasteiger partial charge in [-0.25, -0.2) is 0 Å². The predicted octanol–water partition coefficient (Wildman–Crippen LogP) is 1.46. The monoisotopic (exact) mass is 347 g/mol. The summed E-state index contributed by atoms with van der Waals surface area (Å²) in [7, 11) is 0. The number of aliphatic hydroxyl groups excluding tert-OH is 1. The summed E-state index contributed by atoms with van der Waals surface area (Å²) >= 11 is 2.83. The molecular formula is C15H25NO3Se. The van der Waals surface area contributed by atoms with Gasteiger partial charge in [0, 0.05) is 0 Å².